The highest BCUT2D eigenvalue weighted by atomic mass is 32.1. The lowest BCUT2D eigenvalue weighted by Gasteiger charge is -2.14. The summed E-state index contributed by atoms with van der Waals surface area (Å²) in [6, 6.07) is 8.07. The third-order valence-electron chi connectivity index (χ3n) is 2.69. The zero-order chi connectivity index (χ0) is 13.0. The first kappa shape index (κ1) is 13.3. The van der Waals surface area contributed by atoms with Crippen molar-refractivity contribution >= 4 is 28.6 Å². The number of nitrogens with one attached hydrogen (secondary N) is 1. The molecule has 2 heterocycles. The van der Waals surface area contributed by atoms with Crippen molar-refractivity contribution in [3.05, 3.63) is 44.3 Å². The third-order valence-corrected chi connectivity index (χ3v) is 4.75. The van der Waals surface area contributed by atoms with E-state index in [1.165, 1.54) is 16.2 Å². The molecule has 18 heavy (non-hydrogen) atoms. The zero-order valence-corrected chi connectivity index (χ0v) is 11.7. The molecular formula is C13H15NO2S2. The quantitative estimate of drug-likeness (QED) is 0.848. The second-order valence-electron chi connectivity index (χ2n) is 3.93. The number of rotatable bonds is 6. The Morgan fingerprint density at radius 2 is 2.28 bits per heavy atom. The average Bonchev–Trinajstić information content (AvgIpc) is 3.00. The normalized spacial score (nSPS) is 12.5. The monoisotopic (exact) mass is 281 g/mol. The van der Waals surface area contributed by atoms with Crippen LogP contribution in [0.15, 0.2) is 29.6 Å². The molecule has 0 aliphatic carbocycles. The third kappa shape index (κ3) is 3.19. The first-order chi connectivity index (χ1) is 8.70. The van der Waals surface area contributed by atoms with E-state index in [0.29, 0.717) is 17.5 Å². The van der Waals surface area contributed by atoms with Crippen molar-refractivity contribution in [3.63, 3.8) is 0 Å². The molecule has 2 aromatic heterocycles. The number of hydrogen-bond donors (Lipinski definition) is 2. The summed E-state index contributed by atoms with van der Waals surface area (Å²) < 4.78 is 0. The Bertz CT molecular complexity index is 505. The molecule has 0 aliphatic rings. The van der Waals surface area contributed by atoms with Gasteiger partial charge in [-0.2, -0.15) is 0 Å². The number of carbonyl (C=O) groups is 1. The number of carboxylic acids is 1. The smallest absolute Gasteiger partial charge is 0.345 e. The fraction of sp³-hybridized carbons (Fsp3) is 0.308. The Hall–Kier alpha value is -1.17. The van der Waals surface area contributed by atoms with Crippen LogP contribution in [0.1, 0.15) is 38.8 Å². The largest absolute Gasteiger partial charge is 0.477 e. The molecule has 1 unspecified atom stereocenters. The molecule has 5 heteroatoms. The molecule has 0 saturated heterocycles. The summed E-state index contributed by atoms with van der Waals surface area (Å²) in [5, 5.41) is 14.4. The molecule has 0 radical (unpaired) electrons. The molecular weight excluding hydrogens is 266 g/mol. The molecule has 1 atom stereocenters. The zero-order valence-electron chi connectivity index (χ0n) is 10.1. The SMILES string of the molecule is CCC(NCc1ccc(C(=O)O)s1)c1cccs1. The lowest BCUT2D eigenvalue weighted by molar-refractivity contribution is 0.0702. The van der Waals surface area contributed by atoms with Gasteiger partial charge in [0.1, 0.15) is 4.88 Å². The maximum Gasteiger partial charge on any atom is 0.345 e. The minimum atomic E-state index is -0.850. The molecule has 96 valence electrons. The molecule has 2 N–H and O–H groups in total. The average molecular weight is 281 g/mol. The number of thiophene rings is 2. The summed E-state index contributed by atoms with van der Waals surface area (Å²) >= 11 is 3.08. The summed E-state index contributed by atoms with van der Waals surface area (Å²) in [4.78, 5) is 13.6. The summed E-state index contributed by atoms with van der Waals surface area (Å²) in [6.45, 7) is 2.86. The van der Waals surface area contributed by atoms with Crippen molar-refractivity contribution in [2.75, 3.05) is 0 Å². The molecule has 0 spiro atoms. The van der Waals surface area contributed by atoms with Gasteiger partial charge in [0.25, 0.3) is 0 Å². The van der Waals surface area contributed by atoms with Crippen molar-refractivity contribution in [2.24, 2.45) is 0 Å². The van der Waals surface area contributed by atoms with E-state index >= 15 is 0 Å². The minimum Gasteiger partial charge on any atom is -0.477 e. The molecule has 0 amide bonds. The molecule has 0 bridgehead atoms. The summed E-state index contributed by atoms with van der Waals surface area (Å²) in [5.41, 5.74) is 0. The van der Waals surface area contributed by atoms with Gasteiger partial charge in [-0.25, -0.2) is 4.79 Å². The van der Waals surface area contributed by atoms with Gasteiger partial charge in [0.05, 0.1) is 0 Å². The highest BCUT2D eigenvalue weighted by Crippen LogP contribution is 2.23. The highest BCUT2D eigenvalue weighted by Gasteiger charge is 2.11. The molecule has 3 nitrogen and oxygen atoms in total. The number of hydrogen-bond acceptors (Lipinski definition) is 4. The lowest BCUT2D eigenvalue weighted by atomic mass is 10.2. The van der Waals surface area contributed by atoms with Crippen molar-refractivity contribution in [2.45, 2.75) is 25.9 Å². The van der Waals surface area contributed by atoms with Gasteiger partial charge in [-0.05, 0) is 30.0 Å². The van der Waals surface area contributed by atoms with Crippen molar-refractivity contribution < 1.29 is 9.90 Å². The molecule has 0 fully saturated rings. The van der Waals surface area contributed by atoms with Crippen molar-refractivity contribution in [1.29, 1.82) is 0 Å². The van der Waals surface area contributed by atoms with Gasteiger partial charge in [0.15, 0.2) is 0 Å². The van der Waals surface area contributed by atoms with Crippen LogP contribution in [0, 0.1) is 0 Å². The summed E-state index contributed by atoms with van der Waals surface area (Å²) in [6.07, 6.45) is 1.03. The van der Waals surface area contributed by atoms with Crippen LogP contribution in [-0.2, 0) is 6.54 Å². The molecule has 0 aromatic carbocycles. The number of carboxylic acid groups (broad SMARTS) is 1. The summed E-state index contributed by atoms with van der Waals surface area (Å²) in [7, 11) is 0. The standard InChI is InChI=1S/C13H15NO2S2/c1-2-10(11-4-3-7-17-11)14-8-9-5-6-12(18-9)13(15)16/h3-7,10,14H,2,8H2,1H3,(H,15,16). The first-order valence-corrected chi connectivity index (χ1v) is 7.49. The van der Waals surface area contributed by atoms with E-state index in [2.05, 4.69) is 29.8 Å². The Morgan fingerprint density at radius 1 is 1.44 bits per heavy atom. The predicted octanol–water partition coefficient (Wildman–Crippen LogP) is 3.75. The van der Waals surface area contributed by atoms with E-state index in [4.69, 9.17) is 5.11 Å². The Morgan fingerprint density at radius 3 is 2.83 bits per heavy atom. The van der Waals surface area contributed by atoms with Crippen molar-refractivity contribution in [1.82, 2.24) is 5.32 Å². The van der Waals surface area contributed by atoms with E-state index < -0.39 is 5.97 Å². The van der Waals surface area contributed by atoms with Crippen LogP contribution in [0.25, 0.3) is 0 Å². The Kier molecular flexibility index (Phi) is 4.52. The molecule has 2 rings (SSSR count). The van der Waals surface area contributed by atoms with Gasteiger partial charge in [0.2, 0.25) is 0 Å². The highest BCUT2D eigenvalue weighted by molar-refractivity contribution is 7.13. The maximum atomic E-state index is 10.8. The fourth-order valence-corrected chi connectivity index (χ4v) is 3.43. The van der Waals surface area contributed by atoms with E-state index in [1.807, 2.05) is 6.07 Å². The van der Waals surface area contributed by atoms with Crippen LogP contribution in [0.4, 0.5) is 0 Å². The van der Waals surface area contributed by atoms with Crippen LogP contribution in [0.2, 0.25) is 0 Å². The first-order valence-electron chi connectivity index (χ1n) is 5.79. The van der Waals surface area contributed by atoms with Gasteiger partial charge in [0, 0.05) is 22.3 Å². The Balaban J connectivity index is 1.95. The van der Waals surface area contributed by atoms with Crippen LogP contribution in [0.5, 0.6) is 0 Å². The van der Waals surface area contributed by atoms with Crippen LogP contribution >= 0.6 is 22.7 Å². The van der Waals surface area contributed by atoms with Crippen molar-refractivity contribution in [3.8, 4) is 0 Å². The van der Waals surface area contributed by atoms with E-state index in [0.717, 1.165) is 11.3 Å². The second kappa shape index (κ2) is 6.13. The Labute approximate surface area is 114 Å². The fourth-order valence-electron chi connectivity index (χ4n) is 1.75. The van der Waals surface area contributed by atoms with Gasteiger partial charge in [-0.15, -0.1) is 22.7 Å². The van der Waals surface area contributed by atoms with Gasteiger partial charge < -0.3 is 10.4 Å². The van der Waals surface area contributed by atoms with E-state index in [-0.39, 0.29) is 0 Å². The van der Waals surface area contributed by atoms with Gasteiger partial charge >= 0.3 is 5.97 Å². The van der Waals surface area contributed by atoms with Crippen LogP contribution < -0.4 is 5.32 Å². The number of aromatic carboxylic acids is 1. The predicted molar refractivity (Wildman–Crippen MR) is 75.5 cm³/mol. The molecule has 0 aliphatic heterocycles. The maximum absolute atomic E-state index is 10.8. The van der Waals surface area contributed by atoms with E-state index in [1.54, 1.807) is 17.4 Å². The van der Waals surface area contributed by atoms with Gasteiger partial charge in [-0.1, -0.05) is 13.0 Å². The van der Waals surface area contributed by atoms with Crippen LogP contribution in [-0.4, -0.2) is 11.1 Å². The molecule has 0 saturated carbocycles. The summed E-state index contributed by atoms with van der Waals surface area (Å²) in [5.74, 6) is -0.850. The second-order valence-corrected chi connectivity index (χ2v) is 6.08. The lowest BCUT2D eigenvalue weighted by Crippen LogP contribution is -2.18. The van der Waals surface area contributed by atoms with Gasteiger partial charge in [-0.3, -0.25) is 0 Å². The van der Waals surface area contributed by atoms with E-state index in [9.17, 15) is 4.79 Å². The molecule has 2 aromatic rings. The topological polar surface area (TPSA) is 49.3 Å². The van der Waals surface area contributed by atoms with Crippen LogP contribution in [0.3, 0.4) is 0 Å². The minimum absolute atomic E-state index is 0.348.